The molecule has 2 aliphatic heterocycles. The second-order valence-electron chi connectivity index (χ2n) is 6.72. The zero-order chi connectivity index (χ0) is 17.9. The third-order valence-corrected chi connectivity index (χ3v) is 6.12. The molecule has 1 atom stereocenters. The first-order valence-electron chi connectivity index (χ1n) is 9.25. The quantitative estimate of drug-likeness (QED) is 0.513. The molecule has 2 aliphatic rings. The zero-order valence-electron chi connectivity index (χ0n) is 15.4. The molecule has 142 valence electrons. The number of carbonyl (C=O) groups excluding carboxylic acids is 1. The van der Waals surface area contributed by atoms with Gasteiger partial charge in [-0.25, -0.2) is 4.79 Å². The van der Waals surface area contributed by atoms with Gasteiger partial charge < -0.3 is 4.74 Å². The van der Waals surface area contributed by atoms with E-state index in [-0.39, 0.29) is 18.4 Å². The minimum atomic E-state index is -0.309. The van der Waals surface area contributed by atoms with Crippen LogP contribution in [0.25, 0.3) is 5.57 Å². The van der Waals surface area contributed by atoms with Gasteiger partial charge in [0.1, 0.15) is 5.75 Å². The third-order valence-electron chi connectivity index (χ3n) is 4.97. The van der Waals surface area contributed by atoms with E-state index in [0.717, 1.165) is 25.3 Å². The van der Waals surface area contributed by atoms with Crippen molar-refractivity contribution in [1.29, 1.82) is 0 Å². The number of fused-ring (bicyclic) bond motifs is 3. The summed E-state index contributed by atoms with van der Waals surface area (Å²) in [4.78, 5) is 16.2. The Morgan fingerprint density at radius 3 is 2.81 bits per heavy atom. The third kappa shape index (κ3) is 4.23. The molecule has 0 bridgehead atoms. The topological polar surface area (TPSA) is 29.5 Å². The van der Waals surface area contributed by atoms with Crippen LogP contribution in [0.15, 0.2) is 59.5 Å². The van der Waals surface area contributed by atoms with Crippen molar-refractivity contribution >= 4 is 35.7 Å². The maximum Gasteiger partial charge on any atom is 0.343 e. The van der Waals surface area contributed by atoms with E-state index in [1.807, 2.05) is 42.1 Å². The molecule has 4 rings (SSSR count). The van der Waals surface area contributed by atoms with Crippen molar-refractivity contribution in [3.63, 3.8) is 0 Å². The molecule has 2 aromatic rings. The summed E-state index contributed by atoms with van der Waals surface area (Å²) in [5.74, 6) is 1.41. The first-order chi connectivity index (χ1) is 12.8. The highest BCUT2D eigenvalue weighted by Crippen LogP contribution is 2.42. The molecular formula is C22H24ClNO2S. The molecule has 27 heavy (non-hydrogen) atoms. The van der Waals surface area contributed by atoms with Gasteiger partial charge in [0, 0.05) is 23.2 Å². The van der Waals surface area contributed by atoms with E-state index in [1.54, 1.807) is 12.1 Å². The Morgan fingerprint density at radius 1 is 1.22 bits per heavy atom. The lowest BCUT2D eigenvalue weighted by atomic mass is 9.93. The number of hydrogen-bond donors (Lipinski definition) is 0. The van der Waals surface area contributed by atoms with Crippen molar-refractivity contribution in [1.82, 2.24) is 4.90 Å². The van der Waals surface area contributed by atoms with Gasteiger partial charge in [-0.15, -0.1) is 24.2 Å². The number of benzene rings is 2. The monoisotopic (exact) mass is 401 g/mol. The molecule has 0 aromatic heterocycles. The summed E-state index contributed by atoms with van der Waals surface area (Å²) >= 11 is 1.90. The Labute approximate surface area is 171 Å². The molecule has 5 heteroatoms. The van der Waals surface area contributed by atoms with Gasteiger partial charge in [0.25, 0.3) is 0 Å². The van der Waals surface area contributed by atoms with Crippen LogP contribution in [0.2, 0.25) is 0 Å². The molecule has 1 unspecified atom stereocenters. The van der Waals surface area contributed by atoms with Crippen molar-refractivity contribution in [2.24, 2.45) is 0 Å². The van der Waals surface area contributed by atoms with Gasteiger partial charge in [0.15, 0.2) is 0 Å². The Bertz CT molecular complexity index is 837. The lowest BCUT2D eigenvalue weighted by molar-refractivity contribution is 0.0734. The number of hydrogen-bond acceptors (Lipinski definition) is 4. The average Bonchev–Trinajstić information content (AvgIpc) is 2.69. The van der Waals surface area contributed by atoms with E-state index in [4.69, 9.17) is 4.74 Å². The lowest BCUT2D eigenvalue weighted by Gasteiger charge is -2.39. The second kappa shape index (κ2) is 8.96. The van der Waals surface area contributed by atoms with E-state index in [0.29, 0.717) is 17.4 Å². The van der Waals surface area contributed by atoms with Crippen LogP contribution in [0.5, 0.6) is 5.75 Å². The van der Waals surface area contributed by atoms with Crippen LogP contribution in [-0.4, -0.2) is 35.8 Å². The lowest BCUT2D eigenvalue weighted by Crippen LogP contribution is -2.42. The number of thioether (sulfide) groups is 1. The smallest absolute Gasteiger partial charge is 0.343 e. The highest BCUT2D eigenvalue weighted by atomic mass is 35.5. The zero-order valence-corrected chi connectivity index (χ0v) is 17.0. The molecule has 0 aliphatic carbocycles. The number of halogens is 1. The standard InChI is InChI=1S/C22H23NO2S.ClH/c1-2-12-23-13-6-9-18-19-14-17(10-11-21(19)26-15-20(18)23)25-22(24)16-7-4-3-5-8-16;/h3-5,7-11,14,20H,2,6,12-13,15H2,1H3;1H. The molecule has 3 nitrogen and oxygen atoms in total. The fourth-order valence-corrected chi connectivity index (χ4v) is 4.97. The summed E-state index contributed by atoms with van der Waals surface area (Å²) in [6, 6.07) is 15.6. The van der Waals surface area contributed by atoms with Gasteiger partial charge in [-0.2, -0.15) is 0 Å². The van der Waals surface area contributed by atoms with Gasteiger partial charge in [0.2, 0.25) is 0 Å². The summed E-state index contributed by atoms with van der Waals surface area (Å²) in [6.45, 7) is 4.52. The Morgan fingerprint density at radius 2 is 2.04 bits per heavy atom. The van der Waals surface area contributed by atoms with Gasteiger partial charge in [-0.05, 0) is 60.9 Å². The van der Waals surface area contributed by atoms with Crippen molar-refractivity contribution < 1.29 is 9.53 Å². The van der Waals surface area contributed by atoms with Crippen LogP contribution in [0.1, 0.15) is 35.7 Å². The summed E-state index contributed by atoms with van der Waals surface area (Å²) in [5.41, 5.74) is 3.20. The van der Waals surface area contributed by atoms with E-state index in [9.17, 15) is 4.79 Å². The number of nitrogens with zero attached hydrogens (tertiary/aromatic N) is 1. The number of carbonyl (C=O) groups is 1. The molecule has 0 N–H and O–H groups in total. The number of esters is 1. The van der Waals surface area contributed by atoms with Crippen LogP contribution >= 0.6 is 24.2 Å². The van der Waals surface area contributed by atoms with Crippen LogP contribution in [0.3, 0.4) is 0 Å². The van der Waals surface area contributed by atoms with Gasteiger partial charge in [-0.1, -0.05) is 31.2 Å². The fraction of sp³-hybridized carbons (Fsp3) is 0.318. The highest BCUT2D eigenvalue weighted by Gasteiger charge is 2.31. The van der Waals surface area contributed by atoms with Crippen LogP contribution in [0.4, 0.5) is 0 Å². The van der Waals surface area contributed by atoms with Crippen molar-refractivity contribution in [3.8, 4) is 5.75 Å². The van der Waals surface area contributed by atoms with Gasteiger partial charge in [-0.3, -0.25) is 4.90 Å². The summed E-state index contributed by atoms with van der Waals surface area (Å²) in [7, 11) is 0. The first kappa shape index (κ1) is 20.0. The van der Waals surface area contributed by atoms with Crippen LogP contribution < -0.4 is 4.74 Å². The fourth-order valence-electron chi connectivity index (χ4n) is 3.75. The van der Waals surface area contributed by atoms with Gasteiger partial charge >= 0.3 is 5.97 Å². The van der Waals surface area contributed by atoms with Crippen molar-refractivity contribution in [3.05, 3.63) is 65.7 Å². The molecular weight excluding hydrogens is 378 g/mol. The number of rotatable bonds is 4. The maximum absolute atomic E-state index is 12.4. The predicted octanol–water partition coefficient (Wildman–Crippen LogP) is 5.30. The molecule has 0 saturated heterocycles. The predicted molar refractivity (Wildman–Crippen MR) is 114 cm³/mol. The summed E-state index contributed by atoms with van der Waals surface area (Å²) in [5, 5.41) is 0. The minimum absolute atomic E-state index is 0. The Balaban J connectivity index is 0.00000210. The molecule has 0 fully saturated rings. The largest absolute Gasteiger partial charge is 0.423 e. The van der Waals surface area contributed by atoms with Gasteiger partial charge in [0.05, 0.1) is 5.56 Å². The summed E-state index contributed by atoms with van der Waals surface area (Å²) in [6.07, 6.45) is 4.64. The van der Waals surface area contributed by atoms with E-state index >= 15 is 0 Å². The number of ether oxygens (including phenoxy) is 1. The Hall–Kier alpha value is -1.75. The van der Waals surface area contributed by atoms with Crippen molar-refractivity contribution in [2.45, 2.75) is 30.7 Å². The minimum Gasteiger partial charge on any atom is -0.423 e. The molecule has 0 radical (unpaired) electrons. The molecule has 0 spiro atoms. The maximum atomic E-state index is 12.4. The molecule has 2 aromatic carbocycles. The molecule has 0 saturated carbocycles. The van der Waals surface area contributed by atoms with Crippen LogP contribution in [0, 0.1) is 0 Å². The highest BCUT2D eigenvalue weighted by molar-refractivity contribution is 7.99. The molecule has 0 amide bonds. The average molecular weight is 402 g/mol. The first-order valence-corrected chi connectivity index (χ1v) is 10.2. The van der Waals surface area contributed by atoms with E-state index < -0.39 is 0 Å². The second-order valence-corrected chi connectivity index (χ2v) is 7.79. The van der Waals surface area contributed by atoms with E-state index in [1.165, 1.54) is 22.5 Å². The normalized spacial score (nSPS) is 18.6. The van der Waals surface area contributed by atoms with E-state index in [2.05, 4.69) is 24.0 Å². The summed E-state index contributed by atoms with van der Waals surface area (Å²) < 4.78 is 5.63. The van der Waals surface area contributed by atoms with Crippen LogP contribution in [-0.2, 0) is 0 Å². The SMILES string of the molecule is CCCN1CCC=C2c3cc(OC(=O)c4ccccc4)ccc3SCC21.Cl. The molecule has 2 heterocycles. The Kier molecular flexibility index (Phi) is 6.64. The van der Waals surface area contributed by atoms with Crippen molar-refractivity contribution in [2.75, 3.05) is 18.8 Å².